The van der Waals surface area contributed by atoms with Crippen molar-refractivity contribution in [1.29, 1.82) is 0 Å². The van der Waals surface area contributed by atoms with Gasteiger partial charge in [-0.1, -0.05) is 54.6 Å². The molecule has 0 spiro atoms. The third-order valence-corrected chi connectivity index (χ3v) is 6.01. The molecule has 6 nitrogen and oxygen atoms in total. The third-order valence-electron chi connectivity index (χ3n) is 4.31. The van der Waals surface area contributed by atoms with Crippen molar-refractivity contribution in [2.45, 2.75) is 23.6 Å². The number of carbonyl (C=O) groups excluding carboxylic acids is 2. The molecule has 3 aromatic rings. The van der Waals surface area contributed by atoms with Crippen molar-refractivity contribution in [3.05, 3.63) is 77.4 Å². The molecule has 3 rings (SSSR count). The molecule has 31 heavy (non-hydrogen) atoms. The van der Waals surface area contributed by atoms with E-state index in [-0.39, 0.29) is 17.2 Å². The zero-order chi connectivity index (χ0) is 22.2. The first-order valence-corrected chi connectivity index (χ1v) is 10.8. The van der Waals surface area contributed by atoms with Crippen LogP contribution in [0.3, 0.4) is 0 Å². The van der Waals surface area contributed by atoms with E-state index in [1.807, 2.05) is 19.1 Å². The number of ether oxygens (including phenoxy) is 2. The van der Waals surface area contributed by atoms with Crippen LogP contribution in [0.15, 0.2) is 71.9 Å². The zero-order valence-corrected chi connectivity index (χ0v) is 18.6. The molecule has 1 unspecified atom stereocenters. The number of pyridine rings is 1. The smallest absolute Gasteiger partial charge is 0.346 e. The second-order valence-corrected chi connectivity index (χ2v) is 7.98. The summed E-state index contributed by atoms with van der Waals surface area (Å²) in [6.07, 6.45) is 2.10. The monoisotopic (exact) mass is 456 g/mol. The van der Waals surface area contributed by atoms with Gasteiger partial charge in [0.2, 0.25) is 5.91 Å². The number of halogens is 1. The Kier molecular flexibility index (Phi) is 7.92. The standard InChI is InChI=1S/C23H21ClN2O4S/c1-3-20(21(27)26-17-11-5-7-13-19(17)29-2)31-22-15(9-8-14-25-22)23(28)30-18-12-6-4-10-16(18)24/h4-14,20H,3H2,1-2H3,(H,26,27). The Labute approximate surface area is 189 Å². The SMILES string of the molecule is CCC(Sc1ncccc1C(=O)Oc1ccccc1Cl)C(=O)Nc1ccccc1OC. The highest BCUT2D eigenvalue weighted by Gasteiger charge is 2.24. The fourth-order valence-corrected chi connectivity index (χ4v) is 3.92. The molecule has 0 saturated carbocycles. The van der Waals surface area contributed by atoms with Gasteiger partial charge in [0.1, 0.15) is 16.5 Å². The predicted octanol–water partition coefficient (Wildman–Crippen LogP) is 5.47. The normalized spacial score (nSPS) is 11.5. The molecular formula is C23H21ClN2O4S. The van der Waals surface area contributed by atoms with Crippen molar-refractivity contribution in [3.63, 3.8) is 0 Å². The zero-order valence-electron chi connectivity index (χ0n) is 17.0. The lowest BCUT2D eigenvalue weighted by Crippen LogP contribution is -2.25. The van der Waals surface area contributed by atoms with E-state index in [9.17, 15) is 9.59 Å². The number of thioether (sulfide) groups is 1. The number of amides is 1. The van der Waals surface area contributed by atoms with Crippen molar-refractivity contribution in [2.24, 2.45) is 0 Å². The maximum Gasteiger partial charge on any atom is 0.346 e. The number of rotatable bonds is 8. The van der Waals surface area contributed by atoms with Crippen LogP contribution in [-0.2, 0) is 4.79 Å². The van der Waals surface area contributed by atoms with Crippen molar-refractivity contribution < 1.29 is 19.1 Å². The minimum absolute atomic E-state index is 0.215. The molecular weight excluding hydrogens is 436 g/mol. The molecule has 2 aromatic carbocycles. The van der Waals surface area contributed by atoms with E-state index in [2.05, 4.69) is 10.3 Å². The van der Waals surface area contributed by atoms with Crippen molar-refractivity contribution in [1.82, 2.24) is 4.98 Å². The maximum atomic E-state index is 12.9. The molecule has 160 valence electrons. The Bertz CT molecular complexity index is 1080. The summed E-state index contributed by atoms with van der Waals surface area (Å²) in [5.74, 6) is 0.0178. The Morgan fingerprint density at radius 2 is 1.77 bits per heavy atom. The number of esters is 1. The van der Waals surface area contributed by atoms with E-state index in [0.717, 1.165) is 0 Å². The molecule has 1 N–H and O–H groups in total. The first-order chi connectivity index (χ1) is 15.0. The van der Waals surface area contributed by atoms with Gasteiger partial charge in [0.05, 0.1) is 28.6 Å². The topological polar surface area (TPSA) is 77.5 Å². The Morgan fingerprint density at radius 1 is 1.06 bits per heavy atom. The molecule has 0 saturated heterocycles. The number of carbonyl (C=O) groups is 2. The fourth-order valence-electron chi connectivity index (χ4n) is 2.74. The first-order valence-electron chi connectivity index (χ1n) is 9.55. The quantitative estimate of drug-likeness (QED) is 0.275. The number of para-hydroxylation sites is 3. The summed E-state index contributed by atoms with van der Waals surface area (Å²) >= 11 is 7.29. The van der Waals surface area contributed by atoms with Crippen LogP contribution in [0.5, 0.6) is 11.5 Å². The van der Waals surface area contributed by atoms with Crippen LogP contribution in [-0.4, -0.2) is 29.2 Å². The van der Waals surface area contributed by atoms with Gasteiger partial charge in [-0.2, -0.15) is 0 Å². The van der Waals surface area contributed by atoms with E-state index in [1.54, 1.807) is 61.8 Å². The lowest BCUT2D eigenvalue weighted by molar-refractivity contribution is -0.115. The van der Waals surface area contributed by atoms with Crippen LogP contribution in [0.4, 0.5) is 5.69 Å². The highest BCUT2D eigenvalue weighted by Crippen LogP contribution is 2.31. The summed E-state index contributed by atoms with van der Waals surface area (Å²) in [4.78, 5) is 29.9. The number of methoxy groups -OCH3 is 1. The van der Waals surface area contributed by atoms with Gasteiger partial charge in [-0.3, -0.25) is 4.79 Å². The molecule has 8 heteroatoms. The minimum Gasteiger partial charge on any atom is -0.495 e. The van der Waals surface area contributed by atoms with E-state index in [1.165, 1.54) is 11.8 Å². The number of hydrogen-bond donors (Lipinski definition) is 1. The average molecular weight is 457 g/mol. The maximum absolute atomic E-state index is 12.9. The molecule has 0 radical (unpaired) electrons. The second-order valence-electron chi connectivity index (χ2n) is 6.38. The largest absolute Gasteiger partial charge is 0.495 e. The van der Waals surface area contributed by atoms with E-state index in [0.29, 0.717) is 27.9 Å². The molecule has 1 amide bonds. The summed E-state index contributed by atoms with van der Waals surface area (Å²) in [5.41, 5.74) is 0.837. The molecule has 1 atom stereocenters. The van der Waals surface area contributed by atoms with Gasteiger partial charge >= 0.3 is 5.97 Å². The predicted molar refractivity (Wildman–Crippen MR) is 122 cm³/mol. The summed E-state index contributed by atoms with van der Waals surface area (Å²) in [6.45, 7) is 1.89. The van der Waals surface area contributed by atoms with Crippen molar-refractivity contribution in [3.8, 4) is 11.5 Å². The van der Waals surface area contributed by atoms with Gasteiger partial charge < -0.3 is 14.8 Å². The number of hydrogen-bond acceptors (Lipinski definition) is 6. The number of anilines is 1. The van der Waals surface area contributed by atoms with Crippen molar-refractivity contribution in [2.75, 3.05) is 12.4 Å². The third kappa shape index (κ3) is 5.77. The fraction of sp³-hybridized carbons (Fsp3) is 0.174. The number of benzene rings is 2. The average Bonchev–Trinajstić information content (AvgIpc) is 2.79. The van der Waals surface area contributed by atoms with Crippen LogP contribution >= 0.6 is 23.4 Å². The Hall–Kier alpha value is -3.03. The lowest BCUT2D eigenvalue weighted by atomic mass is 10.2. The molecule has 1 heterocycles. The van der Waals surface area contributed by atoms with Crippen LogP contribution < -0.4 is 14.8 Å². The van der Waals surface area contributed by atoms with Gasteiger partial charge in [0.15, 0.2) is 0 Å². The molecule has 0 aliphatic rings. The van der Waals surface area contributed by atoms with E-state index < -0.39 is 11.2 Å². The van der Waals surface area contributed by atoms with Gasteiger partial charge in [-0.25, -0.2) is 9.78 Å². The van der Waals surface area contributed by atoms with Crippen LogP contribution in [0.2, 0.25) is 5.02 Å². The Balaban J connectivity index is 1.77. The lowest BCUT2D eigenvalue weighted by Gasteiger charge is -2.17. The molecule has 0 aliphatic heterocycles. The first kappa shape index (κ1) is 22.7. The van der Waals surface area contributed by atoms with Crippen LogP contribution in [0.1, 0.15) is 23.7 Å². The molecule has 0 aliphatic carbocycles. The number of aromatic nitrogens is 1. The number of nitrogens with zero attached hydrogens (tertiary/aromatic N) is 1. The molecule has 0 bridgehead atoms. The van der Waals surface area contributed by atoms with E-state index in [4.69, 9.17) is 21.1 Å². The van der Waals surface area contributed by atoms with Gasteiger partial charge in [0.25, 0.3) is 0 Å². The van der Waals surface area contributed by atoms with Crippen molar-refractivity contribution >= 4 is 40.9 Å². The van der Waals surface area contributed by atoms with Crippen LogP contribution in [0.25, 0.3) is 0 Å². The number of nitrogens with one attached hydrogen (secondary N) is 1. The summed E-state index contributed by atoms with van der Waals surface area (Å²) in [6, 6.07) is 17.1. The molecule has 1 aromatic heterocycles. The van der Waals surface area contributed by atoms with Crippen LogP contribution in [0, 0.1) is 0 Å². The van der Waals surface area contributed by atoms with E-state index >= 15 is 0 Å². The van der Waals surface area contributed by atoms with Gasteiger partial charge in [-0.15, -0.1) is 0 Å². The van der Waals surface area contributed by atoms with Gasteiger partial charge in [-0.05, 0) is 42.8 Å². The minimum atomic E-state index is -0.594. The summed E-state index contributed by atoms with van der Waals surface area (Å²) < 4.78 is 10.7. The Morgan fingerprint density at radius 3 is 2.48 bits per heavy atom. The summed E-state index contributed by atoms with van der Waals surface area (Å²) in [5, 5.41) is 3.14. The summed E-state index contributed by atoms with van der Waals surface area (Å²) in [7, 11) is 1.54. The highest BCUT2D eigenvalue weighted by molar-refractivity contribution is 8.00. The van der Waals surface area contributed by atoms with Gasteiger partial charge in [0, 0.05) is 6.20 Å². The highest BCUT2D eigenvalue weighted by atomic mass is 35.5. The molecule has 0 fully saturated rings. The second kappa shape index (κ2) is 10.8.